The summed E-state index contributed by atoms with van der Waals surface area (Å²) in [4.78, 5) is 49.8. The molecule has 0 bridgehead atoms. The molecule has 3 aromatic rings. The first-order chi connectivity index (χ1) is 14.9. The van der Waals surface area contributed by atoms with Gasteiger partial charge in [0.1, 0.15) is 5.76 Å². The highest BCUT2D eigenvalue weighted by Crippen LogP contribution is 2.19. The minimum atomic E-state index is -0.846. The van der Waals surface area contributed by atoms with E-state index in [-0.39, 0.29) is 23.4 Å². The van der Waals surface area contributed by atoms with Gasteiger partial charge in [-0.15, -0.1) is 0 Å². The number of carbonyl (C=O) groups excluding carboxylic acids is 3. The molecule has 0 radical (unpaired) electrons. The monoisotopic (exact) mass is 424 g/mol. The lowest BCUT2D eigenvalue weighted by Gasteiger charge is -2.20. The highest BCUT2D eigenvalue weighted by molar-refractivity contribution is 6.05. The summed E-state index contributed by atoms with van der Waals surface area (Å²) >= 11 is 0. The van der Waals surface area contributed by atoms with E-state index in [4.69, 9.17) is 9.15 Å². The van der Waals surface area contributed by atoms with Crippen molar-refractivity contribution in [1.29, 1.82) is 0 Å². The molecule has 160 valence electrons. The summed E-state index contributed by atoms with van der Waals surface area (Å²) in [5.41, 5.74) is 0.140. The first kappa shape index (κ1) is 21.5. The summed E-state index contributed by atoms with van der Waals surface area (Å²) in [6.45, 7) is -0.371. The molecule has 1 aromatic carbocycles. The van der Waals surface area contributed by atoms with Crippen LogP contribution in [-0.2, 0) is 23.1 Å². The number of nitrogens with one attached hydrogen (secondary N) is 1. The quantitative estimate of drug-likeness (QED) is 0.564. The van der Waals surface area contributed by atoms with E-state index in [9.17, 15) is 19.2 Å². The minimum absolute atomic E-state index is 0.102. The number of hydrogen-bond acceptors (Lipinski definition) is 7. The molecular weight excluding hydrogens is 404 g/mol. The molecular formula is C21H20N4O6. The molecule has 0 atom stereocenters. The zero-order chi connectivity index (χ0) is 22.4. The Morgan fingerprint density at radius 1 is 1.13 bits per heavy atom. The number of likely N-dealkylation sites (N-methyl/N-ethyl adjacent to an activating group) is 1. The molecule has 0 fully saturated rings. The third-order valence-corrected chi connectivity index (χ3v) is 4.38. The molecule has 0 spiro atoms. The molecule has 0 aliphatic carbocycles. The van der Waals surface area contributed by atoms with Gasteiger partial charge in [-0.2, -0.15) is 5.10 Å². The lowest BCUT2D eigenvalue weighted by molar-refractivity contribution is -0.121. The first-order valence-corrected chi connectivity index (χ1v) is 9.24. The van der Waals surface area contributed by atoms with Crippen LogP contribution in [0.3, 0.4) is 0 Å². The predicted octanol–water partition coefficient (Wildman–Crippen LogP) is 1.12. The Balaban J connectivity index is 1.64. The van der Waals surface area contributed by atoms with E-state index in [0.29, 0.717) is 11.4 Å². The predicted molar refractivity (Wildman–Crippen MR) is 109 cm³/mol. The lowest BCUT2D eigenvalue weighted by Crippen LogP contribution is -2.34. The van der Waals surface area contributed by atoms with Crippen LogP contribution in [0.5, 0.6) is 0 Å². The Morgan fingerprint density at radius 3 is 2.61 bits per heavy atom. The van der Waals surface area contributed by atoms with E-state index >= 15 is 0 Å². The number of furan rings is 1. The number of benzene rings is 1. The van der Waals surface area contributed by atoms with Crippen molar-refractivity contribution >= 4 is 23.5 Å². The normalized spacial score (nSPS) is 10.4. The highest BCUT2D eigenvalue weighted by atomic mass is 16.5. The van der Waals surface area contributed by atoms with E-state index in [1.54, 1.807) is 36.4 Å². The summed E-state index contributed by atoms with van der Waals surface area (Å²) in [5.74, 6) is -1.20. The van der Waals surface area contributed by atoms with Gasteiger partial charge in [-0.25, -0.2) is 9.48 Å². The molecule has 2 heterocycles. The summed E-state index contributed by atoms with van der Waals surface area (Å²) in [7, 11) is 2.87. The molecule has 31 heavy (non-hydrogen) atoms. The van der Waals surface area contributed by atoms with Gasteiger partial charge in [0.15, 0.2) is 12.3 Å². The second-order valence-corrected chi connectivity index (χ2v) is 6.49. The molecule has 0 aliphatic heterocycles. The summed E-state index contributed by atoms with van der Waals surface area (Å²) < 4.78 is 11.2. The number of para-hydroxylation sites is 1. The number of carbonyl (C=O) groups is 3. The van der Waals surface area contributed by atoms with Crippen LogP contribution in [0.2, 0.25) is 0 Å². The van der Waals surface area contributed by atoms with Crippen LogP contribution in [-0.4, -0.2) is 41.2 Å². The second-order valence-electron chi connectivity index (χ2n) is 6.49. The Hall–Kier alpha value is -4.21. The topological polar surface area (TPSA) is 124 Å². The average Bonchev–Trinajstić information content (AvgIpc) is 3.30. The van der Waals surface area contributed by atoms with Crippen LogP contribution in [0.25, 0.3) is 0 Å². The number of rotatable bonds is 7. The number of aromatic nitrogens is 2. The van der Waals surface area contributed by atoms with Crippen molar-refractivity contribution in [1.82, 2.24) is 15.1 Å². The van der Waals surface area contributed by atoms with Crippen LogP contribution in [0.4, 0.5) is 5.69 Å². The van der Waals surface area contributed by atoms with Crippen LogP contribution in [0.15, 0.2) is 64.0 Å². The van der Waals surface area contributed by atoms with E-state index in [2.05, 4.69) is 10.4 Å². The standard InChI is InChI=1S/C21H20N4O6/c1-24(19(27)13-31-21(29)16-9-10-18(26)25(2)23-16)17-8-4-3-7-15(17)20(28)22-12-14-6-5-11-30-14/h3-11H,12-13H2,1-2H3,(H,22,28). The van der Waals surface area contributed by atoms with Crippen molar-refractivity contribution < 1.29 is 23.5 Å². The highest BCUT2D eigenvalue weighted by Gasteiger charge is 2.20. The van der Waals surface area contributed by atoms with Gasteiger partial charge < -0.3 is 19.4 Å². The smallest absolute Gasteiger partial charge is 0.359 e. The van der Waals surface area contributed by atoms with Gasteiger partial charge >= 0.3 is 5.97 Å². The lowest BCUT2D eigenvalue weighted by atomic mass is 10.1. The van der Waals surface area contributed by atoms with Gasteiger partial charge in [0.2, 0.25) is 0 Å². The van der Waals surface area contributed by atoms with Crippen LogP contribution in [0.1, 0.15) is 26.6 Å². The molecule has 0 saturated carbocycles. The number of hydrogen-bond donors (Lipinski definition) is 1. The first-order valence-electron chi connectivity index (χ1n) is 9.24. The fourth-order valence-corrected chi connectivity index (χ4v) is 2.68. The van der Waals surface area contributed by atoms with Crippen molar-refractivity contribution in [3.63, 3.8) is 0 Å². The molecule has 0 saturated heterocycles. The van der Waals surface area contributed by atoms with Crippen molar-refractivity contribution in [2.45, 2.75) is 6.54 Å². The zero-order valence-electron chi connectivity index (χ0n) is 16.9. The van der Waals surface area contributed by atoms with Crippen molar-refractivity contribution in [2.75, 3.05) is 18.6 Å². The van der Waals surface area contributed by atoms with Crippen molar-refractivity contribution in [3.8, 4) is 0 Å². The van der Waals surface area contributed by atoms with E-state index in [0.717, 1.165) is 4.68 Å². The van der Waals surface area contributed by atoms with Crippen LogP contribution < -0.4 is 15.8 Å². The maximum absolute atomic E-state index is 12.6. The third-order valence-electron chi connectivity index (χ3n) is 4.38. The van der Waals surface area contributed by atoms with Crippen molar-refractivity contribution in [2.24, 2.45) is 7.05 Å². The number of ether oxygens (including phenoxy) is 1. The Bertz CT molecular complexity index is 1150. The largest absolute Gasteiger partial charge is 0.467 e. The van der Waals surface area contributed by atoms with Crippen molar-refractivity contribution in [3.05, 3.63) is 82.2 Å². The summed E-state index contributed by atoms with van der Waals surface area (Å²) in [5, 5.41) is 6.50. The van der Waals surface area contributed by atoms with E-state index < -0.39 is 24.4 Å². The number of nitrogens with zero attached hydrogens (tertiary/aromatic N) is 3. The zero-order valence-corrected chi connectivity index (χ0v) is 16.9. The number of anilines is 1. The summed E-state index contributed by atoms with van der Waals surface area (Å²) in [6, 6.07) is 12.4. The minimum Gasteiger partial charge on any atom is -0.467 e. The number of aryl methyl sites for hydroxylation is 1. The molecule has 10 heteroatoms. The SMILES string of the molecule is CN(C(=O)COC(=O)c1ccc(=O)n(C)n1)c1ccccc1C(=O)NCc1ccco1. The maximum Gasteiger partial charge on any atom is 0.359 e. The third kappa shape index (κ3) is 5.24. The fraction of sp³-hybridized carbons (Fsp3) is 0.190. The molecule has 3 rings (SSSR count). The molecule has 1 N–H and O–H groups in total. The van der Waals surface area contributed by atoms with Gasteiger partial charge in [-0.05, 0) is 30.3 Å². The molecule has 10 nitrogen and oxygen atoms in total. The van der Waals surface area contributed by atoms with Gasteiger partial charge in [-0.3, -0.25) is 14.4 Å². The molecule has 2 aromatic heterocycles. The Kier molecular flexibility index (Phi) is 6.61. The van der Waals surface area contributed by atoms with E-state index in [1.165, 1.54) is 37.4 Å². The molecule has 0 unspecified atom stereocenters. The molecule has 0 aliphatic rings. The van der Waals surface area contributed by atoms with Crippen LogP contribution in [0, 0.1) is 0 Å². The Morgan fingerprint density at radius 2 is 1.90 bits per heavy atom. The summed E-state index contributed by atoms with van der Waals surface area (Å²) in [6.07, 6.45) is 1.51. The van der Waals surface area contributed by atoms with Gasteiger partial charge in [0.05, 0.1) is 24.1 Å². The van der Waals surface area contributed by atoms with E-state index in [1.807, 2.05) is 0 Å². The number of amides is 2. The van der Waals surface area contributed by atoms with Gasteiger partial charge in [0, 0.05) is 20.2 Å². The number of esters is 1. The maximum atomic E-state index is 12.6. The van der Waals surface area contributed by atoms with Crippen LogP contribution >= 0.6 is 0 Å². The van der Waals surface area contributed by atoms with Gasteiger partial charge in [-0.1, -0.05) is 12.1 Å². The average molecular weight is 424 g/mol. The van der Waals surface area contributed by atoms with Gasteiger partial charge in [0.25, 0.3) is 17.4 Å². The molecule has 2 amide bonds. The second kappa shape index (κ2) is 9.53. The Labute approximate surface area is 177 Å². The fourth-order valence-electron chi connectivity index (χ4n) is 2.68.